The van der Waals surface area contributed by atoms with Crippen LogP contribution in [0.15, 0.2) is 30.7 Å². The van der Waals surface area contributed by atoms with E-state index in [4.69, 9.17) is 0 Å². The Morgan fingerprint density at radius 3 is 2.41 bits per heavy atom. The van der Waals surface area contributed by atoms with Crippen molar-refractivity contribution in [1.29, 1.82) is 0 Å². The third kappa shape index (κ3) is 4.28. The lowest BCUT2D eigenvalue weighted by Crippen LogP contribution is -2.39. The van der Waals surface area contributed by atoms with Crippen molar-refractivity contribution in [2.45, 2.75) is 44.9 Å². The molecule has 7 nitrogen and oxygen atoms in total. The van der Waals surface area contributed by atoms with E-state index in [0.717, 1.165) is 56.8 Å². The van der Waals surface area contributed by atoms with E-state index >= 15 is 0 Å². The minimum atomic E-state index is 0.0192. The van der Waals surface area contributed by atoms with Crippen LogP contribution in [-0.2, 0) is 0 Å². The number of aryl methyl sites for hydroxylation is 1. The lowest BCUT2D eigenvalue weighted by molar-refractivity contribution is 0.0703. The molecule has 0 unspecified atom stereocenters. The summed E-state index contributed by atoms with van der Waals surface area (Å²) in [5.74, 6) is 0.870. The Labute approximate surface area is 171 Å². The smallest absolute Gasteiger partial charge is 0.257 e. The number of carbonyl (C=O) groups excluding carboxylic acids is 2. The number of nitrogens with zero attached hydrogens (tertiary/aromatic N) is 5. The number of pyridine rings is 1. The predicted octanol–water partition coefficient (Wildman–Crippen LogP) is 2.83. The van der Waals surface area contributed by atoms with Gasteiger partial charge in [0.05, 0.1) is 11.3 Å². The average molecular weight is 393 g/mol. The minimum absolute atomic E-state index is 0.0192. The topological polar surface area (TPSA) is 79.3 Å². The van der Waals surface area contributed by atoms with Crippen LogP contribution in [0.5, 0.6) is 0 Å². The second-order valence-electron chi connectivity index (χ2n) is 7.91. The Balaban J connectivity index is 1.47. The molecule has 4 rings (SSSR count). The Morgan fingerprint density at radius 2 is 1.69 bits per heavy atom. The monoisotopic (exact) mass is 393 g/mol. The summed E-state index contributed by atoms with van der Waals surface area (Å²) in [6, 6.07) is 3.49. The van der Waals surface area contributed by atoms with E-state index in [2.05, 4.69) is 15.0 Å². The normalized spacial score (nSPS) is 19.8. The van der Waals surface area contributed by atoms with Gasteiger partial charge in [-0.25, -0.2) is 9.97 Å². The molecule has 0 radical (unpaired) electrons. The highest BCUT2D eigenvalue weighted by atomic mass is 16.2. The summed E-state index contributed by atoms with van der Waals surface area (Å²) in [5.41, 5.74) is 1.97. The van der Waals surface area contributed by atoms with Gasteiger partial charge in [-0.2, -0.15) is 0 Å². The van der Waals surface area contributed by atoms with Gasteiger partial charge in [-0.1, -0.05) is 0 Å². The van der Waals surface area contributed by atoms with Crippen LogP contribution >= 0.6 is 0 Å². The maximum atomic E-state index is 12.8. The summed E-state index contributed by atoms with van der Waals surface area (Å²) >= 11 is 0. The highest BCUT2D eigenvalue weighted by Gasteiger charge is 2.28. The first kappa shape index (κ1) is 19.5. The summed E-state index contributed by atoms with van der Waals surface area (Å²) in [6.45, 7) is 4.84. The number of rotatable bonds is 3. The number of likely N-dealkylation sites (tertiary alicyclic amines) is 2. The zero-order chi connectivity index (χ0) is 20.2. The Bertz CT molecular complexity index is 880. The third-order valence-electron chi connectivity index (χ3n) is 5.87. The molecule has 2 aliphatic rings. The molecule has 2 aromatic rings. The molecule has 0 spiro atoms. The molecule has 0 aromatic carbocycles. The maximum absolute atomic E-state index is 12.8. The van der Waals surface area contributed by atoms with E-state index in [1.165, 1.54) is 6.42 Å². The minimum Gasteiger partial charge on any atom is -0.339 e. The highest BCUT2D eigenvalue weighted by molar-refractivity contribution is 5.95. The van der Waals surface area contributed by atoms with Crippen LogP contribution in [0.1, 0.15) is 70.3 Å². The van der Waals surface area contributed by atoms with E-state index in [9.17, 15) is 9.59 Å². The average Bonchev–Trinajstić information content (AvgIpc) is 2.79. The summed E-state index contributed by atoms with van der Waals surface area (Å²) in [6.07, 6.45) is 10.1. The summed E-state index contributed by atoms with van der Waals surface area (Å²) in [7, 11) is 0. The Hall–Kier alpha value is -2.83. The largest absolute Gasteiger partial charge is 0.339 e. The van der Waals surface area contributed by atoms with Gasteiger partial charge in [0.15, 0.2) is 0 Å². The SMILES string of the molecule is Cc1nc([C@H]2CCCN(C(=O)c3ccncc3)C2)ncc1C(=O)N1CCCCC1. The fraction of sp³-hybridized carbons (Fsp3) is 0.500. The molecular weight excluding hydrogens is 366 g/mol. The van der Waals surface area contributed by atoms with Crippen LogP contribution in [0.4, 0.5) is 0 Å². The molecule has 0 bridgehead atoms. The van der Waals surface area contributed by atoms with Gasteiger partial charge in [-0.15, -0.1) is 0 Å². The second kappa shape index (κ2) is 8.68. The summed E-state index contributed by atoms with van der Waals surface area (Å²) in [5, 5.41) is 0. The number of hydrogen-bond donors (Lipinski definition) is 0. The Kier molecular flexibility index (Phi) is 5.83. The van der Waals surface area contributed by atoms with Gasteiger partial charge in [0.1, 0.15) is 5.82 Å². The van der Waals surface area contributed by atoms with Gasteiger partial charge in [0.2, 0.25) is 0 Å². The van der Waals surface area contributed by atoms with Crippen LogP contribution in [0.25, 0.3) is 0 Å². The molecule has 7 heteroatoms. The van der Waals surface area contributed by atoms with Gasteiger partial charge in [-0.05, 0) is 51.2 Å². The second-order valence-corrected chi connectivity index (χ2v) is 7.91. The van der Waals surface area contributed by atoms with E-state index in [1.807, 2.05) is 16.7 Å². The van der Waals surface area contributed by atoms with Crippen LogP contribution in [0, 0.1) is 6.92 Å². The van der Waals surface area contributed by atoms with Gasteiger partial charge in [0.25, 0.3) is 11.8 Å². The van der Waals surface area contributed by atoms with E-state index in [1.54, 1.807) is 30.7 Å². The van der Waals surface area contributed by atoms with E-state index in [-0.39, 0.29) is 17.7 Å². The van der Waals surface area contributed by atoms with Crippen molar-refractivity contribution in [1.82, 2.24) is 24.8 Å². The number of carbonyl (C=O) groups is 2. The van der Waals surface area contributed by atoms with Crippen molar-refractivity contribution in [3.63, 3.8) is 0 Å². The molecule has 1 atom stereocenters. The van der Waals surface area contributed by atoms with Crippen molar-refractivity contribution < 1.29 is 9.59 Å². The lowest BCUT2D eigenvalue weighted by Gasteiger charge is -2.32. The molecule has 2 aliphatic heterocycles. The van der Waals surface area contributed by atoms with Crippen LogP contribution in [0.3, 0.4) is 0 Å². The van der Waals surface area contributed by atoms with Gasteiger partial charge >= 0.3 is 0 Å². The van der Waals surface area contributed by atoms with Crippen molar-refractivity contribution in [2.24, 2.45) is 0 Å². The highest BCUT2D eigenvalue weighted by Crippen LogP contribution is 2.26. The fourth-order valence-corrected chi connectivity index (χ4v) is 4.21. The molecule has 2 fully saturated rings. The van der Waals surface area contributed by atoms with Crippen LogP contribution < -0.4 is 0 Å². The number of aromatic nitrogens is 3. The maximum Gasteiger partial charge on any atom is 0.257 e. The number of amides is 2. The predicted molar refractivity (Wildman–Crippen MR) is 109 cm³/mol. The first-order valence-corrected chi connectivity index (χ1v) is 10.5. The third-order valence-corrected chi connectivity index (χ3v) is 5.87. The van der Waals surface area contributed by atoms with Crippen LogP contribution in [0.2, 0.25) is 0 Å². The molecule has 152 valence electrons. The zero-order valence-corrected chi connectivity index (χ0v) is 16.9. The van der Waals surface area contributed by atoms with Gasteiger partial charge in [-0.3, -0.25) is 14.6 Å². The first-order valence-electron chi connectivity index (χ1n) is 10.5. The fourth-order valence-electron chi connectivity index (χ4n) is 4.21. The molecule has 4 heterocycles. The molecule has 2 aromatic heterocycles. The Morgan fingerprint density at radius 1 is 0.966 bits per heavy atom. The van der Waals surface area contributed by atoms with Crippen molar-refractivity contribution >= 4 is 11.8 Å². The van der Waals surface area contributed by atoms with Crippen molar-refractivity contribution in [2.75, 3.05) is 26.2 Å². The molecule has 0 N–H and O–H groups in total. The van der Waals surface area contributed by atoms with Crippen molar-refractivity contribution in [3.8, 4) is 0 Å². The first-order chi connectivity index (χ1) is 14.1. The molecule has 2 saturated heterocycles. The molecule has 0 aliphatic carbocycles. The van der Waals surface area contributed by atoms with E-state index < -0.39 is 0 Å². The summed E-state index contributed by atoms with van der Waals surface area (Å²) in [4.78, 5) is 42.5. The number of hydrogen-bond acceptors (Lipinski definition) is 5. The van der Waals surface area contributed by atoms with E-state index in [0.29, 0.717) is 17.7 Å². The molecule has 29 heavy (non-hydrogen) atoms. The van der Waals surface area contributed by atoms with Crippen LogP contribution in [-0.4, -0.2) is 62.7 Å². The van der Waals surface area contributed by atoms with Gasteiger partial charge in [0, 0.05) is 56.3 Å². The lowest BCUT2D eigenvalue weighted by atomic mass is 9.96. The molecular formula is C22H27N5O2. The summed E-state index contributed by atoms with van der Waals surface area (Å²) < 4.78 is 0. The van der Waals surface area contributed by atoms with Crippen molar-refractivity contribution in [3.05, 3.63) is 53.4 Å². The molecule has 0 saturated carbocycles. The standard InChI is InChI=1S/C22H27N5O2/c1-16-19(22(29)26-11-3-2-4-12-26)14-24-20(25-16)18-6-5-13-27(15-18)21(28)17-7-9-23-10-8-17/h7-10,14,18H,2-6,11-13,15H2,1H3/t18-/m0/s1. The molecule has 2 amide bonds. The van der Waals surface area contributed by atoms with Gasteiger partial charge < -0.3 is 9.80 Å². The number of piperidine rings is 2. The zero-order valence-electron chi connectivity index (χ0n) is 16.9. The quantitative estimate of drug-likeness (QED) is 0.801.